The molecule has 0 saturated carbocycles. The molecule has 0 bridgehead atoms. The van der Waals surface area contributed by atoms with Crippen molar-refractivity contribution >= 4 is 29.1 Å². The van der Waals surface area contributed by atoms with Gasteiger partial charge in [0.25, 0.3) is 11.8 Å². The van der Waals surface area contributed by atoms with E-state index in [9.17, 15) is 14.4 Å². The van der Waals surface area contributed by atoms with Crippen LogP contribution in [-0.4, -0.2) is 17.7 Å². The Hall–Kier alpha value is -2.95. The number of benzene rings is 2. The number of anilines is 2. The molecule has 1 aliphatic heterocycles. The van der Waals surface area contributed by atoms with E-state index in [2.05, 4.69) is 5.32 Å². The van der Waals surface area contributed by atoms with E-state index in [0.717, 1.165) is 4.90 Å². The average Bonchev–Trinajstić information content (AvgIpc) is 2.79. The lowest BCUT2D eigenvalue weighted by atomic mass is 9.92. The molecule has 3 rings (SSSR count). The summed E-state index contributed by atoms with van der Waals surface area (Å²) in [5.41, 5.74) is 1.85. The molecular weight excluding hydrogens is 316 g/mol. The molecule has 5 heteroatoms. The van der Waals surface area contributed by atoms with Crippen LogP contribution in [0.25, 0.3) is 0 Å². The summed E-state index contributed by atoms with van der Waals surface area (Å²) in [4.78, 5) is 38.1. The Labute approximate surface area is 146 Å². The third kappa shape index (κ3) is 3.45. The lowest BCUT2D eigenvalue weighted by molar-refractivity contribution is -0.117. The van der Waals surface area contributed by atoms with Crippen molar-refractivity contribution in [1.82, 2.24) is 0 Å². The lowest BCUT2D eigenvalue weighted by Crippen LogP contribution is -2.29. The summed E-state index contributed by atoms with van der Waals surface area (Å²) in [5.74, 6) is -0.726. The minimum absolute atomic E-state index is 0.0685. The van der Waals surface area contributed by atoms with Crippen LogP contribution in [0.5, 0.6) is 0 Å². The molecule has 2 aromatic carbocycles. The van der Waals surface area contributed by atoms with E-state index in [1.54, 1.807) is 48.5 Å². The van der Waals surface area contributed by atoms with Crippen molar-refractivity contribution in [3.05, 3.63) is 59.7 Å². The number of carbonyl (C=O) groups is 3. The first-order chi connectivity index (χ1) is 11.8. The van der Waals surface area contributed by atoms with E-state index >= 15 is 0 Å². The maximum absolute atomic E-state index is 12.5. The molecule has 5 nitrogen and oxygen atoms in total. The van der Waals surface area contributed by atoms with Gasteiger partial charge in [-0.25, -0.2) is 4.90 Å². The van der Waals surface area contributed by atoms with Crippen LogP contribution < -0.4 is 10.2 Å². The van der Waals surface area contributed by atoms with Crippen molar-refractivity contribution in [2.75, 3.05) is 10.2 Å². The van der Waals surface area contributed by atoms with Crippen molar-refractivity contribution in [2.45, 2.75) is 27.2 Å². The zero-order chi connectivity index (χ0) is 18.2. The monoisotopic (exact) mass is 336 g/mol. The number of nitrogens with one attached hydrogen (secondary N) is 1. The Bertz CT molecular complexity index is 813. The summed E-state index contributed by atoms with van der Waals surface area (Å²) in [6.45, 7) is 5.99. The molecule has 1 heterocycles. The molecule has 0 aliphatic carbocycles. The summed E-state index contributed by atoms with van der Waals surface area (Å²) in [6.07, 6.45) is 0.410. The van der Waals surface area contributed by atoms with Crippen molar-refractivity contribution in [3.8, 4) is 0 Å². The molecule has 0 atom stereocenters. The molecule has 1 N–H and O–H groups in total. The van der Waals surface area contributed by atoms with Gasteiger partial charge in [0.15, 0.2) is 0 Å². The van der Waals surface area contributed by atoms with Gasteiger partial charge in [-0.3, -0.25) is 14.4 Å². The molecule has 0 radical (unpaired) electrons. The number of fused-ring (bicyclic) bond motifs is 1. The number of carbonyl (C=O) groups excluding carboxylic acids is 3. The minimum atomic E-state index is -0.329. The zero-order valence-electron chi connectivity index (χ0n) is 14.5. The van der Waals surface area contributed by atoms with Gasteiger partial charge in [0.05, 0.1) is 16.8 Å². The number of hydrogen-bond acceptors (Lipinski definition) is 3. The van der Waals surface area contributed by atoms with Gasteiger partial charge in [-0.1, -0.05) is 32.9 Å². The van der Waals surface area contributed by atoms with Crippen LogP contribution in [0, 0.1) is 5.41 Å². The average molecular weight is 336 g/mol. The number of nitrogens with zero attached hydrogens (tertiary/aromatic N) is 1. The Balaban J connectivity index is 1.77. The van der Waals surface area contributed by atoms with Gasteiger partial charge in [-0.15, -0.1) is 0 Å². The van der Waals surface area contributed by atoms with E-state index in [1.165, 1.54) is 0 Å². The van der Waals surface area contributed by atoms with Crippen molar-refractivity contribution in [3.63, 3.8) is 0 Å². The fourth-order valence-corrected chi connectivity index (χ4v) is 2.80. The summed E-state index contributed by atoms with van der Waals surface area (Å²) in [6, 6.07) is 13.5. The van der Waals surface area contributed by atoms with Crippen molar-refractivity contribution < 1.29 is 14.4 Å². The molecular formula is C20H20N2O3. The third-order valence-electron chi connectivity index (χ3n) is 3.89. The first kappa shape index (κ1) is 16.9. The zero-order valence-corrected chi connectivity index (χ0v) is 14.5. The van der Waals surface area contributed by atoms with E-state index < -0.39 is 0 Å². The second-order valence-corrected chi connectivity index (χ2v) is 7.32. The fraction of sp³-hybridized carbons (Fsp3) is 0.250. The van der Waals surface area contributed by atoms with Crippen LogP contribution in [0.15, 0.2) is 48.5 Å². The summed E-state index contributed by atoms with van der Waals surface area (Å²) in [7, 11) is 0. The van der Waals surface area contributed by atoms with Crippen LogP contribution in [-0.2, 0) is 4.79 Å². The second kappa shape index (κ2) is 6.16. The smallest absolute Gasteiger partial charge is 0.266 e. The van der Waals surface area contributed by atoms with E-state index in [0.29, 0.717) is 28.9 Å². The molecule has 0 saturated heterocycles. The highest BCUT2D eigenvalue weighted by Crippen LogP contribution is 2.29. The van der Waals surface area contributed by atoms with Gasteiger partial charge in [0, 0.05) is 12.1 Å². The van der Waals surface area contributed by atoms with Gasteiger partial charge in [-0.2, -0.15) is 0 Å². The molecule has 3 amide bonds. The Morgan fingerprint density at radius 3 is 1.92 bits per heavy atom. The van der Waals surface area contributed by atoms with Crippen LogP contribution in [0.1, 0.15) is 47.9 Å². The Kier molecular flexibility index (Phi) is 4.17. The molecule has 0 fully saturated rings. The molecule has 1 aliphatic rings. The largest absolute Gasteiger partial charge is 0.326 e. The molecule has 128 valence electrons. The highest BCUT2D eigenvalue weighted by molar-refractivity contribution is 6.34. The maximum Gasteiger partial charge on any atom is 0.266 e. The molecule has 25 heavy (non-hydrogen) atoms. The predicted octanol–water partition coefficient (Wildman–Crippen LogP) is 3.86. The van der Waals surface area contributed by atoms with Gasteiger partial charge < -0.3 is 5.32 Å². The van der Waals surface area contributed by atoms with Crippen LogP contribution in [0.2, 0.25) is 0 Å². The second-order valence-electron chi connectivity index (χ2n) is 7.32. The van der Waals surface area contributed by atoms with Gasteiger partial charge in [0.2, 0.25) is 5.91 Å². The molecule has 0 unspecified atom stereocenters. The standard InChI is InChI=1S/C20H20N2O3/c1-20(2,3)12-17(23)21-13-8-10-14(11-9-13)22-18(24)15-6-4-5-7-16(15)19(22)25/h4-11H,12H2,1-3H3,(H,21,23). The summed E-state index contributed by atoms with van der Waals surface area (Å²) in [5, 5.41) is 2.83. The van der Waals surface area contributed by atoms with Crippen LogP contribution in [0.4, 0.5) is 11.4 Å². The Morgan fingerprint density at radius 1 is 0.920 bits per heavy atom. The molecule has 0 spiro atoms. The van der Waals surface area contributed by atoms with E-state index in [1.807, 2.05) is 20.8 Å². The highest BCUT2D eigenvalue weighted by atomic mass is 16.2. The number of imide groups is 1. The maximum atomic E-state index is 12.5. The predicted molar refractivity (Wildman–Crippen MR) is 96.7 cm³/mol. The minimum Gasteiger partial charge on any atom is -0.326 e. The van der Waals surface area contributed by atoms with Gasteiger partial charge in [-0.05, 0) is 41.8 Å². The Morgan fingerprint density at radius 2 is 1.44 bits per heavy atom. The molecule has 0 aromatic heterocycles. The summed E-state index contributed by atoms with van der Waals surface area (Å²) >= 11 is 0. The van der Waals surface area contributed by atoms with Crippen molar-refractivity contribution in [1.29, 1.82) is 0 Å². The quantitative estimate of drug-likeness (QED) is 0.866. The van der Waals surface area contributed by atoms with Gasteiger partial charge in [0.1, 0.15) is 0 Å². The first-order valence-corrected chi connectivity index (χ1v) is 8.14. The van der Waals surface area contributed by atoms with Gasteiger partial charge >= 0.3 is 0 Å². The number of hydrogen-bond donors (Lipinski definition) is 1. The van der Waals surface area contributed by atoms with Crippen molar-refractivity contribution in [2.24, 2.45) is 5.41 Å². The fourth-order valence-electron chi connectivity index (χ4n) is 2.80. The van der Waals surface area contributed by atoms with Crippen LogP contribution >= 0.6 is 0 Å². The lowest BCUT2D eigenvalue weighted by Gasteiger charge is -2.18. The first-order valence-electron chi connectivity index (χ1n) is 8.14. The molecule has 2 aromatic rings. The number of rotatable bonds is 3. The van der Waals surface area contributed by atoms with Crippen LogP contribution in [0.3, 0.4) is 0 Å². The SMILES string of the molecule is CC(C)(C)CC(=O)Nc1ccc(N2C(=O)c3ccccc3C2=O)cc1. The number of amides is 3. The highest BCUT2D eigenvalue weighted by Gasteiger charge is 2.36. The normalized spacial score (nSPS) is 13.8. The third-order valence-corrected chi connectivity index (χ3v) is 3.89. The van der Waals surface area contributed by atoms with E-state index in [4.69, 9.17) is 0 Å². The van der Waals surface area contributed by atoms with E-state index in [-0.39, 0.29) is 23.1 Å². The topological polar surface area (TPSA) is 66.5 Å². The summed E-state index contributed by atoms with van der Waals surface area (Å²) < 4.78 is 0.